The van der Waals surface area contributed by atoms with Crippen LogP contribution in [0.4, 0.5) is 0 Å². The Morgan fingerprint density at radius 3 is 1.07 bits per heavy atom. The fraction of sp³-hybridized carbons (Fsp3) is 0.522. The van der Waals surface area contributed by atoms with E-state index in [0.717, 1.165) is 59.2 Å². The third-order valence-corrected chi connectivity index (χ3v) is 8.67. The van der Waals surface area contributed by atoms with Crippen molar-refractivity contribution in [2.45, 2.75) is 147 Å². The van der Waals surface area contributed by atoms with Gasteiger partial charge >= 0.3 is 0 Å². The Morgan fingerprint density at radius 2 is 0.804 bits per heavy atom. The zero-order valence-electron chi connectivity index (χ0n) is 38.1. The molecule has 56 heavy (non-hydrogen) atoms. The van der Waals surface area contributed by atoms with Gasteiger partial charge in [-0.25, -0.2) is 9.97 Å². The summed E-state index contributed by atoms with van der Waals surface area (Å²) in [5.74, 6) is 1.35. The van der Waals surface area contributed by atoms with Crippen LogP contribution < -0.4 is 11.1 Å². The normalized spacial score (nSPS) is 10.4. The molecule has 0 atom stereocenters. The molecule has 0 bridgehead atoms. The summed E-state index contributed by atoms with van der Waals surface area (Å²) < 4.78 is 3.26. The first kappa shape index (κ1) is 51.1. The summed E-state index contributed by atoms with van der Waals surface area (Å²) in [7, 11) is 3.58. The molecule has 310 valence electrons. The Bertz CT molecular complexity index is 1940. The molecule has 0 fully saturated rings. The minimum absolute atomic E-state index is 0.133. The average Bonchev–Trinajstić information content (AvgIpc) is 3.74. The van der Waals surface area contributed by atoms with Crippen LogP contribution in [0, 0.1) is 0 Å². The molecule has 0 spiro atoms. The molecule has 2 aromatic carbocycles. The van der Waals surface area contributed by atoms with Crippen LogP contribution in [0.25, 0.3) is 22.1 Å². The van der Waals surface area contributed by atoms with Gasteiger partial charge in [-0.15, -0.1) is 0 Å². The molecule has 0 radical (unpaired) electrons. The molecule has 0 aliphatic heterocycles. The van der Waals surface area contributed by atoms with Crippen molar-refractivity contribution >= 4 is 22.1 Å². The summed E-state index contributed by atoms with van der Waals surface area (Å²) in [6.07, 6.45) is 3.58. The molecule has 10 heteroatoms. The number of fused-ring (bicyclic) bond motifs is 2. The van der Waals surface area contributed by atoms with E-state index in [-0.39, 0.29) is 21.9 Å². The van der Waals surface area contributed by atoms with E-state index in [0.29, 0.717) is 22.7 Å². The molecule has 6 rings (SSSR count). The maximum Gasteiger partial charge on any atom is 0.277 e. The van der Waals surface area contributed by atoms with Crippen LogP contribution in [0.5, 0.6) is 0 Å². The third kappa shape index (κ3) is 12.1. The van der Waals surface area contributed by atoms with Crippen molar-refractivity contribution in [2.24, 2.45) is 14.1 Å². The van der Waals surface area contributed by atoms with E-state index in [1.54, 1.807) is 23.5 Å². The van der Waals surface area contributed by atoms with Gasteiger partial charge in [-0.05, 0) is 51.7 Å². The highest BCUT2D eigenvalue weighted by molar-refractivity contribution is 5.77. The monoisotopic (exact) mass is 771 g/mol. The number of hydrogen-bond donors (Lipinski definition) is 2. The highest BCUT2D eigenvalue weighted by Gasteiger charge is 2.29. The second-order valence-electron chi connectivity index (χ2n) is 12.8. The number of benzene rings is 2. The van der Waals surface area contributed by atoms with E-state index in [2.05, 4.69) is 86.0 Å². The van der Waals surface area contributed by atoms with Gasteiger partial charge in [0.05, 0.1) is 11.4 Å². The fourth-order valence-corrected chi connectivity index (χ4v) is 5.88. The minimum atomic E-state index is -0.381. The second-order valence-corrected chi connectivity index (χ2v) is 12.8. The Balaban J connectivity index is 0.000000884. The second kappa shape index (κ2) is 25.3. The van der Waals surface area contributed by atoms with Crippen molar-refractivity contribution < 1.29 is 0 Å². The van der Waals surface area contributed by atoms with Crippen LogP contribution in [0.3, 0.4) is 0 Å². The Morgan fingerprint density at radius 1 is 0.518 bits per heavy atom. The van der Waals surface area contributed by atoms with Crippen LogP contribution in [-0.2, 0) is 37.8 Å². The van der Waals surface area contributed by atoms with Gasteiger partial charge in [0.2, 0.25) is 0 Å². The molecule has 0 unspecified atom stereocenters. The molecule has 0 aliphatic rings. The number of aromatic nitrogens is 8. The van der Waals surface area contributed by atoms with Crippen molar-refractivity contribution in [2.75, 3.05) is 0 Å². The topological polar surface area (TPSA) is 127 Å². The smallest absolute Gasteiger partial charge is 0.277 e. The first-order valence-electron chi connectivity index (χ1n) is 20.9. The lowest BCUT2D eigenvalue weighted by Gasteiger charge is -2.24. The summed E-state index contributed by atoms with van der Waals surface area (Å²) in [5, 5.41) is 8.94. The van der Waals surface area contributed by atoms with Crippen molar-refractivity contribution in [3.63, 3.8) is 0 Å². The van der Waals surface area contributed by atoms with Crippen molar-refractivity contribution in [1.82, 2.24) is 39.5 Å². The van der Waals surface area contributed by atoms with E-state index in [9.17, 15) is 9.59 Å². The summed E-state index contributed by atoms with van der Waals surface area (Å²) in [4.78, 5) is 40.6. The molecule has 0 amide bonds. The van der Waals surface area contributed by atoms with Gasteiger partial charge in [-0.1, -0.05) is 157 Å². The predicted molar refractivity (Wildman–Crippen MR) is 240 cm³/mol. The molecule has 0 saturated heterocycles. The number of hydrogen-bond acceptors (Lipinski definition) is 6. The molecular formula is C46H74N8O2. The van der Waals surface area contributed by atoms with Crippen LogP contribution in [-0.4, -0.2) is 39.5 Å². The SMILES string of the molecule is CC.CC.CC.CC.CC.CCCc1nn(C)c2c(=O)[nH]c(C(C)(C)c3ccccc3)nc12.CCCc1nn(C)c2c(=O)[nH]c(C(C)(C)c3ccccc3)nc12. The van der Waals surface area contributed by atoms with Crippen LogP contribution in [0.1, 0.15) is 158 Å². The molecule has 0 aliphatic carbocycles. The van der Waals surface area contributed by atoms with Gasteiger partial charge in [0.25, 0.3) is 11.1 Å². The Kier molecular flexibility index (Phi) is 23.1. The van der Waals surface area contributed by atoms with Crippen molar-refractivity contribution in [3.8, 4) is 0 Å². The maximum absolute atomic E-state index is 12.6. The predicted octanol–water partition coefficient (Wildman–Crippen LogP) is 11.0. The van der Waals surface area contributed by atoms with Crippen LogP contribution in [0.15, 0.2) is 70.3 Å². The van der Waals surface area contributed by atoms with Crippen LogP contribution in [0.2, 0.25) is 0 Å². The summed E-state index contributed by atoms with van der Waals surface area (Å²) in [6.45, 7) is 32.5. The molecule has 0 saturated carbocycles. The van der Waals surface area contributed by atoms with Gasteiger partial charge in [-0.3, -0.25) is 19.0 Å². The lowest BCUT2D eigenvalue weighted by atomic mass is 9.83. The number of nitrogens with zero attached hydrogens (tertiary/aromatic N) is 6. The summed E-state index contributed by atoms with van der Waals surface area (Å²) in [6, 6.07) is 20.2. The highest BCUT2D eigenvalue weighted by atomic mass is 16.1. The Hall–Kier alpha value is -4.86. The average molecular weight is 771 g/mol. The Labute approximate surface area is 337 Å². The number of H-pyrrole nitrogens is 2. The fourth-order valence-electron chi connectivity index (χ4n) is 5.88. The van der Waals surface area contributed by atoms with Crippen molar-refractivity contribution in [3.05, 3.63) is 116 Å². The molecule has 6 aromatic rings. The molecular weight excluding hydrogens is 697 g/mol. The van der Waals surface area contributed by atoms with E-state index >= 15 is 0 Å². The van der Waals surface area contributed by atoms with E-state index in [1.165, 1.54) is 0 Å². The van der Waals surface area contributed by atoms with Crippen molar-refractivity contribution in [1.29, 1.82) is 0 Å². The quantitative estimate of drug-likeness (QED) is 0.159. The summed E-state index contributed by atoms with van der Waals surface area (Å²) in [5.41, 5.74) is 5.50. The summed E-state index contributed by atoms with van der Waals surface area (Å²) >= 11 is 0. The number of nitrogens with one attached hydrogen (secondary N) is 2. The molecule has 2 N–H and O–H groups in total. The maximum atomic E-state index is 12.6. The highest BCUT2D eigenvalue weighted by Crippen LogP contribution is 2.30. The minimum Gasteiger partial charge on any atom is -0.308 e. The van der Waals surface area contributed by atoms with Crippen LogP contribution >= 0.6 is 0 Å². The largest absolute Gasteiger partial charge is 0.308 e. The number of aryl methyl sites for hydroxylation is 4. The first-order chi connectivity index (χ1) is 26.9. The molecule has 4 aromatic heterocycles. The standard InChI is InChI=1S/2C18H22N4O.5C2H6/c2*1-5-9-13-14-15(22(4)21-13)16(23)20-17(19-14)18(2,3)12-10-7-6-8-11-12;5*1-2/h2*6-8,10-11H,5,9H2,1-4H3,(H,19,20,23);5*1-2H3. The van der Waals surface area contributed by atoms with Gasteiger partial charge in [-0.2, -0.15) is 10.2 Å². The lowest BCUT2D eigenvalue weighted by Crippen LogP contribution is -2.26. The first-order valence-corrected chi connectivity index (χ1v) is 20.9. The van der Waals surface area contributed by atoms with Gasteiger partial charge in [0, 0.05) is 24.9 Å². The molecule has 4 heterocycles. The van der Waals surface area contributed by atoms with E-state index < -0.39 is 0 Å². The zero-order valence-corrected chi connectivity index (χ0v) is 38.1. The van der Waals surface area contributed by atoms with E-state index in [1.807, 2.05) is 106 Å². The molecule has 10 nitrogen and oxygen atoms in total. The third-order valence-electron chi connectivity index (χ3n) is 8.67. The van der Waals surface area contributed by atoms with Gasteiger partial charge in [0.15, 0.2) is 11.0 Å². The van der Waals surface area contributed by atoms with E-state index in [4.69, 9.17) is 9.97 Å². The van der Waals surface area contributed by atoms with Gasteiger partial charge in [0.1, 0.15) is 22.7 Å². The number of aromatic amines is 2. The van der Waals surface area contributed by atoms with Gasteiger partial charge < -0.3 is 9.97 Å². The lowest BCUT2D eigenvalue weighted by molar-refractivity contribution is 0.590. The number of rotatable bonds is 8. The zero-order chi connectivity index (χ0) is 43.2.